The molecule has 2 N–H and O–H groups in total. The lowest BCUT2D eigenvalue weighted by atomic mass is 9.96. The highest BCUT2D eigenvalue weighted by molar-refractivity contribution is 5.75. The molecule has 0 saturated heterocycles. The predicted octanol–water partition coefficient (Wildman–Crippen LogP) is 1.75. The van der Waals surface area contributed by atoms with Gasteiger partial charge in [-0.25, -0.2) is 4.79 Å². The van der Waals surface area contributed by atoms with E-state index in [4.69, 9.17) is 0 Å². The first-order valence-electron chi connectivity index (χ1n) is 6.34. The van der Waals surface area contributed by atoms with Crippen molar-refractivity contribution in [1.29, 1.82) is 0 Å². The van der Waals surface area contributed by atoms with E-state index in [1.807, 2.05) is 20.9 Å². The predicted molar refractivity (Wildman–Crippen MR) is 70.1 cm³/mol. The average Bonchev–Trinajstić information content (AvgIpc) is 2.75. The molecule has 0 unspecified atom stereocenters. The van der Waals surface area contributed by atoms with Crippen LogP contribution in [0.1, 0.15) is 52.4 Å². The number of urea groups is 1. The zero-order valence-electron chi connectivity index (χ0n) is 11.8. The number of aryl methyl sites for hydroxylation is 1. The molecule has 0 aliphatic heterocycles. The Kier molecular flexibility index (Phi) is 4.69. The molecule has 1 aromatic rings. The second-order valence-electron chi connectivity index (χ2n) is 4.89. The SMILES string of the molecule is CCC(C)(CC)NC(=O)N[C@@H](C)c1nncn1C. The summed E-state index contributed by atoms with van der Waals surface area (Å²) in [6, 6.07) is -0.341. The minimum Gasteiger partial charge on any atom is -0.333 e. The van der Waals surface area contributed by atoms with Crippen molar-refractivity contribution in [3.8, 4) is 0 Å². The molecule has 0 spiro atoms. The Balaban J connectivity index is 2.58. The number of carbonyl (C=O) groups excluding carboxylic acids is 1. The summed E-state index contributed by atoms with van der Waals surface area (Å²) in [6.45, 7) is 8.06. The van der Waals surface area contributed by atoms with Gasteiger partial charge in [0, 0.05) is 12.6 Å². The maximum atomic E-state index is 11.9. The molecule has 1 heterocycles. The lowest BCUT2D eigenvalue weighted by Gasteiger charge is -2.29. The number of nitrogens with zero attached hydrogens (tertiary/aromatic N) is 3. The van der Waals surface area contributed by atoms with Crippen molar-refractivity contribution in [2.75, 3.05) is 0 Å². The second-order valence-corrected chi connectivity index (χ2v) is 4.89. The Bertz CT molecular complexity index is 397. The highest BCUT2D eigenvalue weighted by Gasteiger charge is 2.23. The van der Waals surface area contributed by atoms with Gasteiger partial charge >= 0.3 is 6.03 Å². The molecular weight excluding hydrogens is 230 g/mol. The molecule has 1 atom stereocenters. The van der Waals surface area contributed by atoms with Crippen LogP contribution in [-0.4, -0.2) is 26.3 Å². The van der Waals surface area contributed by atoms with Gasteiger partial charge in [0.1, 0.15) is 6.33 Å². The minimum absolute atomic E-state index is 0.163. The van der Waals surface area contributed by atoms with Crippen molar-refractivity contribution >= 4 is 6.03 Å². The summed E-state index contributed by atoms with van der Waals surface area (Å²) in [6.07, 6.45) is 3.41. The van der Waals surface area contributed by atoms with Gasteiger partial charge in [0.15, 0.2) is 5.82 Å². The molecule has 1 rings (SSSR count). The first-order valence-corrected chi connectivity index (χ1v) is 6.34. The van der Waals surface area contributed by atoms with Gasteiger partial charge in [-0.1, -0.05) is 13.8 Å². The summed E-state index contributed by atoms with van der Waals surface area (Å²) >= 11 is 0. The van der Waals surface area contributed by atoms with Crippen molar-refractivity contribution in [2.24, 2.45) is 7.05 Å². The van der Waals surface area contributed by atoms with Crippen molar-refractivity contribution in [3.63, 3.8) is 0 Å². The van der Waals surface area contributed by atoms with Gasteiger partial charge in [0.05, 0.1) is 6.04 Å². The van der Waals surface area contributed by atoms with Crippen molar-refractivity contribution in [3.05, 3.63) is 12.2 Å². The number of rotatable bonds is 5. The fourth-order valence-electron chi connectivity index (χ4n) is 1.68. The zero-order valence-corrected chi connectivity index (χ0v) is 11.8. The molecule has 0 aliphatic carbocycles. The van der Waals surface area contributed by atoms with E-state index < -0.39 is 0 Å². The Labute approximate surface area is 108 Å². The number of hydrogen-bond donors (Lipinski definition) is 2. The maximum absolute atomic E-state index is 11.9. The second kappa shape index (κ2) is 5.84. The number of hydrogen-bond acceptors (Lipinski definition) is 3. The topological polar surface area (TPSA) is 71.8 Å². The standard InChI is InChI=1S/C12H23N5O/c1-6-12(4,7-2)15-11(18)14-9(3)10-16-13-8-17(10)5/h8-9H,6-7H2,1-5H3,(H2,14,15,18)/t9-/m0/s1. The molecule has 0 aliphatic rings. The third-order valence-electron chi connectivity index (χ3n) is 3.46. The largest absolute Gasteiger partial charge is 0.333 e. The first-order chi connectivity index (χ1) is 8.41. The summed E-state index contributed by atoms with van der Waals surface area (Å²) in [5, 5.41) is 13.6. The van der Waals surface area contributed by atoms with Crippen LogP contribution in [0.15, 0.2) is 6.33 Å². The van der Waals surface area contributed by atoms with Gasteiger partial charge in [-0.2, -0.15) is 0 Å². The van der Waals surface area contributed by atoms with Crippen LogP contribution in [-0.2, 0) is 7.05 Å². The Hall–Kier alpha value is -1.59. The maximum Gasteiger partial charge on any atom is 0.315 e. The van der Waals surface area contributed by atoms with Gasteiger partial charge in [-0.05, 0) is 26.7 Å². The molecule has 18 heavy (non-hydrogen) atoms. The molecule has 102 valence electrons. The van der Waals surface area contributed by atoms with E-state index in [-0.39, 0.29) is 17.6 Å². The van der Waals surface area contributed by atoms with E-state index in [2.05, 4.69) is 34.7 Å². The van der Waals surface area contributed by atoms with Gasteiger partial charge in [-0.15, -0.1) is 10.2 Å². The molecular formula is C12H23N5O. The Morgan fingerprint density at radius 1 is 1.50 bits per heavy atom. The summed E-state index contributed by atoms with van der Waals surface area (Å²) in [5.74, 6) is 0.736. The van der Waals surface area contributed by atoms with Crippen LogP contribution < -0.4 is 10.6 Å². The zero-order chi connectivity index (χ0) is 13.8. The summed E-state index contributed by atoms with van der Waals surface area (Å²) < 4.78 is 1.80. The van der Waals surface area contributed by atoms with E-state index in [1.165, 1.54) is 0 Å². The van der Waals surface area contributed by atoms with Crippen LogP contribution in [0.3, 0.4) is 0 Å². The molecule has 0 bridgehead atoms. The third kappa shape index (κ3) is 3.45. The highest BCUT2D eigenvalue weighted by atomic mass is 16.2. The molecule has 2 amide bonds. The molecule has 1 aromatic heterocycles. The first kappa shape index (κ1) is 14.5. The molecule has 6 heteroatoms. The molecule has 6 nitrogen and oxygen atoms in total. The Morgan fingerprint density at radius 2 is 2.11 bits per heavy atom. The van der Waals surface area contributed by atoms with E-state index >= 15 is 0 Å². The van der Waals surface area contributed by atoms with E-state index in [0.717, 1.165) is 18.7 Å². The summed E-state index contributed by atoms with van der Waals surface area (Å²) in [4.78, 5) is 11.9. The van der Waals surface area contributed by atoms with Crippen molar-refractivity contribution in [1.82, 2.24) is 25.4 Å². The van der Waals surface area contributed by atoms with Gasteiger partial charge in [-0.3, -0.25) is 0 Å². The van der Waals surface area contributed by atoms with Crippen molar-refractivity contribution in [2.45, 2.75) is 52.1 Å². The van der Waals surface area contributed by atoms with Crippen LogP contribution in [0, 0.1) is 0 Å². The normalized spacial score (nSPS) is 13.2. The molecule has 0 saturated carbocycles. The minimum atomic E-state index is -0.171. The van der Waals surface area contributed by atoms with Crippen LogP contribution >= 0.6 is 0 Å². The van der Waals surface area contributed by atoms with Crippen LogP contribution in [0.25, 0.3) is 0 Å². The van der Waals surface area contributed by atoms with E-state index in [1.54, 1.807) is 10.9 Å². The summed E-state index contributed by atoms with van der Waals surface area (Å²) in [7, 11) is 1.85. The van der Waals surface area contributed by atoms with E-state index in [9.17, 15) is 4.79 Å². The Morgan fingerprint density at radius 3 is 2.56 bits per heavy atom. The quantitative estimate of drug-likeness (QED) is 0.839. The fourth-order valence-corrected chi connectivity index (χ4v) is 1.68. The van der Waals surface area contributed by atoms with Gasteiger partial charge in [0.2, 0.25) is 0 Å². The lowest BCUT2D eigenvalue weighted by Crippen LogP contribution is -2.50. The number of carbonyl (C=O) groups is 1. The molecule has 0 fully saturated rings. The van der Waals surface area contributed by atoms with Gasteiger partial charge in [0.25, 0.3) is 0 Å². The molecule has 0 aromatic carbocycles. The average molecular weight is 253 g/mol. The number of amides is 2. The van der Waals surface area contributed by atoms with E-state index in [0.29, 0.717) is 0 Å². The number of aromatic nitrogens is 3. The smallest absolute Gasteiger partial charge is 0.315 e. The molecule has 0 radical (unpaired) electrons. The van der Waals surface area contributed by atoms with Crippen molar-refractivity contribution < 1.29 is 4.79 Å². The van der Waals surface area contributed by atoms with Crippen LogP contribution in [0.4, 0.5) is 4.79 Å². The van der Waals surface area contributed by atoms with Crippen LogP contribution in [0.5, 0.6) is 0 Å². The van der Waals surface area contributed by atoms with Crippen LogP contribution in [0.2, 0.25) is 0 Å². The summed E-state index contributed by atoms with van der Waals surface area (Å²) in [5.41, 5.74) is -0.163. The monoisotopic (exact) mass is 253 g/mol. The third-order valence-corrected chi connectivity index (χ3v) is 3.46. The lowest BCUT2D eigenvalue weighted by molar-refractivity contribution is 0.221. The highest BCUT2D eigenvalue weighted by Crippen LogP contribution is 2.14. The van der Waals surface area contributed by atoms with Gasteiger partial charge < -0.3 is 15.2 Å². The fraction of sp³-hybridized carbons (Fsp3) is 0.750. The number of nitrogens with one attached hydrogen (secondary N) is 2.